The van der Waals surface area contributed by atoms with Gasteiger partial charge in [-0.05, 0) is 36.4 Å². The van der Waals surface area contributed by atoms with Crippen LogP contribution in [0.4, 0.5) is 11.4 Å². The first kappa shape index (κ1) is 23.3. The maximum absolute atomic E-state index is 12.1. The summed E-state index contributed by atoms with van der Waals surface area (Å²) in [5, 5.41) is 13.3. The Balaban J connectivity index is 1.88. The Kier molecular flexibility index (Phi) is 7.86. The van der Waals surface area contributed by atoms with E-state index in [-0.39, 0.29) is 16.3 Å². The second kappa shape index (κ2) is 10.1. The molecule has 0 aliphatic carbocycles. The van der Waals surface area contributed by atoms with E-state index < -0.39 is 45.7 Å². The number of sulfonamides is 1. The Labute approximate surface area is 179 Å². The number of hydrogen-bond acceptors (Lipinski definition) is 8. The summed E-state index contributed by atoms with van der Waals surface area (Å²) in [4.78, 5) is 34.0. The van der Waals surface area contributed by atoms with Crippen LogP contribution in [0.1, 0.15) is 0 Å². The van der Waals surface area contributed by atoms with Crippen molar-refractivity contribution in [3.05, 3.63) is 57.1 Å². The number of ether oxygens (including phenoxy) is 2. The molecular weight excluding hydrogens is 486 g/mol. The topological polar surface area (TPSA) is 154 Å². The summed E-state index contributed by atoms with van der Waals surface area (Å²) >= 11 is 3.18. The predicted molar refractivity (Wildman–Crippen MR) is 109 cm³/mol. The molecule has 2 aromatic carbocycles. The Hall–Kier alpha value is -3.03. The molecule has 0 atom stereocenters. The number of hydrogen-bond donors (Lipinski definition) is 2. The molecule has 0 bridgehead atoms. The molecule has 2 rings (SSSR count). The summed E-state index contributed by atoms with van der Waals surface area (Å²) in [5.41, 5.74) is -0.519. The lowest BCUT2D eigenvalue weighted by atomic mass is 10.2. The molecule has 160 valence electrons. The summed E-state index contributed by atoms with van der Waals surface area (Å²) in [6, 6.07) is 9.53. The van der Waals surface area contributed by atoms with Gasteiger partial charge in [0, 0.05) is 4.47 Å². The Morgan fingerprint density at radius 2 is 1.83 bits per heavy atom. The molecule has 0 heterocycles. The highest BCUT2D eigenvalue weighted by Gasteiger charge is 2.19. The largest absolute Gasteiger partial charge is 0.496 e. The number of nitro benzene ring substituents is 1. The van der Waals surface area contributed by atoms with Gasteiger partial charge >= 0.3 is 5.97 Å². The number of benzene rings is 2. The fourth-order valence-electron chi connectivity index (χ4n) is 2.13. The number of nitrogens with zero attached hydrogens (tertiary/aromatic N) is 1. The molecule has 0 aliphatic rings. The molecule has 0 unspecified atom stereocenters. The fraction of sp³-hybridized carbons (Fsp3) is 0.176. The molecule has 0 fully saturated rings. The third-order valence-corrected chi connectivity index (χ3v) is 5.52. The second-order valence-electron chi connectivity index (χ2n) is 5.63. The van der Waals surface area contributed by atoms with Gasteiger partial charge in [0.2, 0.25) is 10.0 Å². The van der Waals surface area contributed by atoms with Gasteiger partial charge in [0.1, 0.15) is 18.0 Å². The molecule has 0 saturated heterocycles. The number of amides is 1. The molecule has 11 nitrogen and oxygen atoms in total. The summed E-state index contributed by atoms with van der Waals surface area (Å²) in [6.07, 6.45) is 0. The van der Waals surface area contributed by atoms with Crippen molar-refractivity contribution in [3.8, 4) is 5.75 Å². The number of anilines is 1. The van der Waals surface area contributed by atoms with Crippen molar-refractivity contribution in [2.75, 3.05) is 25.6 Å². The van der Waals surface area contributed by atoms with E-state index in [0.29, 0.717) is 4.47 Å². The van der Waals surface area contributed by atoms with Crippen LogP contribution in [0, 0.1) is 10.1 Å². The quantitative estimate of drug-likeness (QED) is 0.299. The van der Waals surface area contributed by atoms with Crippen LogP contribution in [0.15, 0.2) is 51.8 Å². The van der Waals surface area contributed by atoms with E-state index in [1.54, 1.807) is 0 Å². The normalized spacial score (nSPS) is 10.9. The Bertz CT molecular complexity index is 1060. The van der Waals surface area contributed by atoms with Crippen molar-refractivity contribution in [2.24, 2.45) is 0 Å². The van der Waals surface area contributed by atoms with Crippen LogP contribution in [0.3, 0.4) is 0 Å². The van der Waals surface area contributed by atoms with E-state index in [1.165, 1.54) is 43.5 Å². The van der Waals surface area contributed by atoms with Gasteiger partial charge < -0.3 is 14.8 Å². The van der Waals surface area contributed by atoms with E-state index in [9.17, 15) is 28.1 Å². The number of rotatable bonds is 9. The Morgan fingerprint density at radius 3 is 2.43 bits per heavy atom. The zero-order valence-electron chi connectivity index (χ0n) is 15.5. The molecule has 2 N–H and O–H groups in total. The molecule has 1 amide bonds. The highest BCUT2D eigenvalue weighted by Crippen LogP contribution is 2.28. The molecule has 13 heteroatoms. The monoisotopic (exact) mass is 501 g/mol. The first-order valence-electron chi connectivity index (χ1n) is 8.15. The smallest absolute Gasteiger partial charge is 0.321 e. The van der Waals surface area contributed by atoms with Crippen LogP contribution in [-0.4, -0.2) is 45.5 Å². The number of methoxy groups -OCH3 is 1. The first-order chi connectivity index (χ1) is 14.1. The summed E-state index contributed by atoms with van der Waals surface area (Å²) < 4.78 is 36.5. The third-order valence-electron chi connectivity index (χ3n) is 3.57. The molecule has 0 aromatic heterocycles. The van der Waals surface area contributed by atoms with Crippen LogP contribution in [0.5, 0.6) is 5.75 Å². The zero-order chi connectivity index (χ0) is 22.3. The van der Waals surface area contributed by atoms with E-state index in [2.05, 4.69) is 26.0 Å². The molecule has 2 aromatic rings. The van der Waals surface area contributed by atoms with Crippen molar-refractivity contribution in [1.82, 2.24) is 4.72 Å². The van der Waals surface area contributed by atoms with Crippen LogP contribution in [-0.2, 0) is 24.3 Å². The van der Waals surface area contributed by atoms with Crippen molar-refractivity contribution in [1.29, 1.82) is 0 Å². The second-order valence-corrected chi connectivity index (χ2v) is 8.31. The molecule has 30 heavy (non-hydrogen) atoms. The number of nitro groups is 1. The van der Waals surface area contributed by atoms with E-state index >= 15 is 0 Å². The maximum atomic E-state index is 12.1. The minimum atomic E-state index is -3.94. The van der Waals surface area contributed by atoms with Gasteiger partial charge in [-0.15, -0.1) is 0 Å². The van der Waals surface area contributed by atoms with Gasteiger partial charge in [0.25, 0.3) is 11.6 Å². The number of esters is 1. The third kappa shape index (κ3) is 6.50. The lowest BCUT2D eigenvalue weighted by Crippen LogP contribution is -2.32. The molecular formula is C17H16BrN3O8S. The summed E-state index contributed by atoms with van der Waals surface area (Å²) in [6.45, 7) is -1.46. The average Bonchev–Trinajstić information content (AvgIpc) is 2.71. The first-order valence-corrected chi connectivity index (χ1v) is 10.4. The maximum Gasteiger partial charge on any atom is 0.321 e. The zero-order valence-corrected chi connectivity index (χ0v) is 17.9. The van der Waals surface area contributed by atoms with E-state index in [4.69, 9.17) is 9.47 Å². The summed E-state index contributed by atoms with van der Waals surface area (Å²) in [5.74, 6) is -1.62. The van der Waals surface area contributed by atoms with Crippen molar-refractivity contribution in [2.45, 2.75) is 4.90 Å². The number of halogens is 1. The highest BCUT2D eigenvalue weighted by atomic mass is 79.9. The van der Waals surface area contributed by atoms with Crippen molar-refractivity contribution >= 4 is 49.2 Å². The van der Waals surface area contributed by atoms with Gasteiger partial charge in [-0.2, -0.15) is 4.72 Å². The standard InChI is InChI=1S/C17H16BrN3O8S/c1-28-12-4-7-14(15(8-12)21(24)25)20-16(22)10-29-17(23)9-19-30(26,27)13-5-2-11(18)3-6-13/h2-8,19H,9-10H2,1H3,(H,20,22). The van der Waals surface area contributed by atoms with Crippen LogP contribution in [0.25, 0.3) is 0 Å². The van der Waals surface area contributed by atoms with Gasteiger partial charge in [-0.3, -0.25) is 19.7 Å². The van der Waals surface area contributed by atoms with E-state index in [1.807, 2.05) is 0 Å². The summed E-state index contributed by atoms with van der Waals surface area (Å²) in [7, 11) is -2.60. The molecule has 0 aliphatic heterocycles. The SMILES string of the molecule is COc1ccc(NC(=O)COC(=O)CNS(=O)(=O)c2ccc(Br)cc2)c([N+](=O)[O-])c1. The van der Waals surface area contributed by atoms with Gasteiger partial charge in [0.15, 0.2) is 6.61 Å². The average molecular weight is 502 g/mol. The lowest BCUT2D eigenvalue weighted by Gasteiger charge is -2.09. The van der Waals surface area contributed by atoms with Gasteiger partial charge in [0.05, 0.1) is 23.0 Å². The predicted octanol–water partition coefficient (Wildman–Crippen LogP) is 1.83. The van der Waals surface area contributed by atoms with Crippen molar-refractivity contribution in [3.63, 3.8) is 0 Å². The Morgan fingerprint density at radius 1 is 1.17 bits per heavy atom. The number of nitrogens with one attached hydrogen (secondary N) is 2. The molecule has 0 radical (unpaired) electrons. The molecule has 0 spiro atoms. The van der Waals surface area contributed by atoms with Gasteiger partial charge in [-0.25, -0.2) is 8.42 Å². The van der Waals surface area contributed by atoms with Crippen molar-refractivity contribution < 1.29 is 32.4 Å². The number of carbonyl (C=O) groups is 2. The van der Waals surface area contributed by atoms with E-state index in [0.717, 1.165) is 6.07 Å². The van der Waals surface area contributed by atoms with Gasteiger partial charge in [-0.1, -0.05) is 15.9 Å². The van der Waals surface area contributed by atoms with Crippen LogP contribution >= 0.6 is 15.9 Å². The highest BCUT2D eigenvalue weighted by molar-refractivity contribution is 9.10. The molecule has 0 saturated carbocycles. The van der Waals surface area contributed by atoms with Crippen LogP contribution in [0.2, 0.25) is 0 Å². The number of carbonyl (C=O) groups excluding carboxylic acids is 2. The fourth-order valence-corrected chi connectivity index (χ4v) is 3.36. The van der Waals surface area contributed by atoms with Crippen LogP contribution < -0.4 is 14.8 Å². The lowest BCUT2D eigenvalue weighted by molar-refractivity contribution is -0.384. The minimum Gasteiger partial charge on any atom is -0.496 e. The minimum absolute atomic E-state index is 0.0527.